The monoisotopic (exact) mass is 422 g/mol. The van der Waals surface area contributed by atoms with Crippen LogP contribution in [0.15, 0.2) is 53.4 Å². The lowest BCUT2D eigenvalue weighted by Crippen LogP contribution is -2.49. The number of carbonyl (C=O) groups is 1. The quantitative estimate of drug-likeness (QED) is 0.654. The van der Waals surface area contributed by atoms with E-state index in [1.165, 1.54) is 12.1 Å². The smallest absolute Gasteiger partial charge is 0.261 e. The third-order valence-corrected chi connectivity index (χ3v) is 6.25. The number of amides is 1. The van der Waals surface area contributed by atoms with E-state index in [0.717, 1.165) is 17.7 Å². The predicted molar refractivity (Wildman–Crippen MR) is 105 cm³/mol. The van der Waals surface area contributed by atoms with Crippen LogP contribution < -0.4 is 4.72 Å². The average molecular weight is 422 g/mol. The summed E-state index contributed by atoms with van der Waals surface area (Å²) in [6.07, 6.45) is -0.621. The number of hydrogen-bond donors (Lipinski definition) is 3. The van der Waals surface area contributed by atoms with Gasteiger partial charge < -0.3 is 15.1 Å². The predicted octanol–water partition coefficient (Wildman–Crippen LogP) is 1.51. The summed E-state index contributed by atoms with van der Waals surface area (Å²) < 4.78 is 40.0. The van der Waals surface area contributed by atoms with E-state index in [1.54, 1.807) is 29.2 Å². The molecule has 2 atom stereocenters. The molecule has 1 amide bonds. The van der Waals surface area contributed by atoms with Gasteiger partial charge in [-0.1, -0.05) is 12.1 Å². The fourth-order valence-electron chi connectivity index (χ4n) is 3.12. The van der Waals surface area contributed by atoms with Gasteiger partial charge in [0.05, 0.1) is 17.1 Å². The summed E-state index contributed by atoms with van der Waals surface area (Å²) in [7, 11) is -3.81. The molecule has 156 valence electrons. The van der Waals surface area contributed by atoms with Crippen molar-refractivity contribution in [2.24, 2.45) is 0 Å². The van der Waals surface area contributed by atoms with Crippen LogP contribution in [0.3, 0.4) is 0 Å². The first-order valence-corrected chi connectivity index (χ1v) is 10.7. The van der Waals surface area contributed by atoms with Crippen LogP contribution in [-0.2, 0) is 21.2 Å². The maximum Gasteiger partial charge on any atom is 0.261 e. The molecule has 7 nitrogen and oxygen atoms in total. The van der Waals surface area contributed by atoms with E-state index in [1.807, 2.05) is 0 Å². The lowest BCUT2D eigenvalue weighted by atomic mass is 10.0. The Morgan fingerprint density at radius 2 is 1.72 bits per heavy atom. The molecule has 0 spiro atoms. The van der Waals surface area contributed by atoms with E-state index in [4.69, 9.17) is 0 Å². The normalized spacial score (nSPS) is 19.8. The number of aliphatic hydroxyl groups is 2. The first kappa shape index (κ1) is 21.2. The highest BCUT2D eigenvalue weighted by Crippen LogP contribution is 2.18. The number of halogens is 1. The number of benzene rings is 2. The van der Waals surface area contributed by atoms with Gasteiger partial charge in [-0.05, 0) is 54.8 Å². The van der Waals surface area contributed by atoms with Gasteiger partial charge in [-0.2, -0.15) is 0 Å². The van der Waals surface area contributed by atoms with E-state index >= 15 is 0 Å². The molecule has 0 unspecified atom stereocenters. The Labute approximate surface area is 168 Å². The number of aliphatic hydroxyl groups excluding tert-OH is 2. The van der Waals surface area contributed by atoms with E-state index in [9.17, 15) is 27.8 Å². The van der Waals surface area contributed by atoms with Gasteiger partial charge in [-0.25, -0.2) is 12.8 Å². The minimum atomic E-state index is -3.81. The van der Waals surface area contributed by atoms with Crippen LogP contribution in [0.4, 0.5) is 10.1 Å². The van der Waals surface area contributed by atoms with Crippen LogP contribution in [0.1, 0.15) is 18.4 Å². The van der Waals surface area contributed by atoms with Crippen LogP contribution in [0.5, 0.6) is 0 Å². The number of likely N-dealkylation sites (tertiary alicyclic amines) is 1. The Morgan fingerprint density at radius 3 is 2.34 bits per heavy atom. The molecular weight excluding hydrogens is 399 g/mol. The summed E-state index contributed by atoms with van der Waals surface area (Å²) in [5.41, 5.74) is 1.22. The molecule has 29 heavy (non-hydrogen) atoms. The summed E-state index contributed by atoms with van der Waals surface area (Å²) >= 11 is 0. The Balaban J connectivity index is 1.55. The first-order chi connectivity index (χ1) is 13.7. The highest BCUT2D eigenvalue weighted by Gasteiger charge is 2.28. The maximum atomic E-state index is 13.0. The van der Waals surface area contributed by atoms with Gasteiger partial charge in [0.2, 0.25) is 5.91 Å². The van der Waals surface area contributed by atoms with Gasteiger partial charge in [-0.15, -0.1) is 0 Å². The van der Waals surface area contributed by atoms with Crippen molar-refractivity contribution in [3.63, 3.8) is 0 Å². The number of nitrogens with zero attached hydrogens (tertiary/aromatic N) is 1. The summed E-state index contributed by atoms with van der Waals surface area (Å²) in [6, 6.07) is 11.2. The number of nitrogens with one attached hydrogen (secondary N) is 1. The Bertz CT molecular complexity index is 948. The number of hydrogen-bond acceptors (Lipinski definition) is 5. The molecule has 1 aliphatic rings. The third kappa shape index (κ3) is 5.53. The Hall–Kier alpha value is -2.49. The largest absolute Gasteiger partial charge is 0.390 e. The van der Waals surface area contributed by atoms with E-state index in [-0.39, 0.29) is 23.8 Å². The molecule has 1 saturated heterocycles. The van der Waals surface area contributed by atoms with Crippen molar-refractivity contribution < 1.29 is 27.8 Å². The molecule has 1 fully saturated rings. The van der Waals surface area contributed by atoms with Gasteiger partial charge in [0.15, 0.2) is 0 Å². The number of rotatable bonds is 6. The number of β-amino-alcohol motifs (C(OH)–C–C–N with tert-alkyl or cyclic N) is 1. The van der Waals surface area contributed by atoms with Crippen molar-refractivity contribution in [1.29, 1.82) is 0 Å². The van der Waals surface area contributed by atoms with Crippen molar-refractivity contribution >= 4 is 21.6 Å². The molecule has 0 aromatic heterocycles. The van der Waals surface area contributed by atoms with Gasteiger partial charge in [0.25, 0.3) is 10.0 Å². The summed E-state index contributed by atoms with van der Waals surface area (Å²) in [6.45, 7) is 0.547. The number of anilines is 1. The van der Waals surface area contributed by atoms with E-state index in [0.29, 0.717) is 25.1 Å². The molecule has 1 aliphatic heterocycles. The second-order valence-electron chi connectivity index (χ2n) is 7.02. The molecule has 2 aromatic carbocycles. The topological polar surface area (TPSA) is 107 Å². The minimum absolute atomic E-state index is 0.0394. The zero-order valence-electron chi connectivity index (χ0n) is 15.7. The molecule has 3 rings (SSSR count). The summed E-state index contributed by atoms with van der Waals surface area (Å²) in [5.74, 6) is -0.616. The number of aryl methyl sites for hydroxylation is 1. The molecule has 0 saturated carbocycles. The van der Waals surface area contributed by atoms with Crippen LogP contribution in [0.25, 0.3) is 0 Å². The number of carbonyl (C=O) groups excluding carboxylic acids is 1. The molecule has 3 N–H and O–H groups in total. The van der Waals surface area contributed by atoms with Gasteiger partial charge in [0, 0.05) is 25.2 Å². The van der Waals surface area contributed by atoms with Gasteiger partial charge in [-0.3, -0.25) is 9.52 Å². The molecule has 0 aliphatic carbocycles. The minimum Gasteiger partial charge on any atom is -0.390 e. The standard InChI is InChI=1S/C20H23FN2O5S/c21-15-4-8-17(9-5-15)29(27,28)22-16-6-1-14(2-7-16)3-10-20(26)23-12-11-18(24)19(25)13-23/h1-2,4-9,18-19,22,24-25H,3,10-13H2/t18-,19+/m0/s1. The van der Waals surface area contributed by atoms with Crippen molar-refractivity contribution in [3.05, 3.63) is 59.9 Å². The first-order valence-electron chi connectivity index (χ1n) is 9.26. The molecule has 0 bridgehead atoms. The molecule has 9 heteroatoms. The maximum absolute atomic E-state index is 13.0. The molecule has 0 radical (unpaired) electrons. The second kappa shape index (κ2) is 8.89. The van der Waals surface area contributed by atoms with Crippen LogP contribution in [-0.4, -0.2) is 54.7 Å². The zero-order chi connectivity index (χ0) is 21.0. The fraction of sp³-hybridized carbons (Fsp3) is 0.350. The SMILES string of the molecule is O=C(CCc1ccc(NS(=O)(=O)c2ccc(F)cc2)cc1)N1CC[C@H](O)[C@H](O)C1. The molecular formula is C20H23FN2O5S. The molecule has 2 aromatic rings. The lowest BCUT2D eigenvalue weighted by molar-refractivity contribution is -0.137. The summed E-state index contributed by atoms with van der Waals surface area (Å²) in [5, 5.41) is 19.2. The van der Waals surface area contributed by atoms with E-state index in [2.05, 4.69) is 4.72 Å². The lowest BCUT2D eigenvalue weighted by Gasteiger charge is -2.33. The average Bonchev–Trinajstić information content (AvgIpc) is 2.69. The molecule has 1 heterocycles. The van der Waals surface area contributed by atoms with Crippen molar-refractivity contribution in [2.45, 2.75) is 36.4 Å². The van der Waals surface area contributed by atoms with Crippen LogP contribution in [0.2, 0.25) is 0 Å². The highest BCUT2D eigenvalue weighted by molar-refractivity contribution is 7.92. The van der Waals surface area contributed by atoms with Gasteiger partial charge in [0.1, 0.15) is 5.82 Å². The van der Waals surface area contributed by atoms with Crippen molar-refractivity contribution in [3.8, 4) is 0 Å². The highest BCUT2D eigenvalue weighted by atomic mass is 32.2. The van der Waals surface area contributed by atoms with Crippen molar-refractivity contribution in [1.82, 2.24) is 4.90 Å². The van der Waals surface area contributed by atoms with Crippen molar-refractivity contribution in [2.75, 3.05) is 17.8 Å². The van der Waals surface area contributed by atoms with E-state index < -0.39 is 28.0 Å². The Kier molecular flexibility index (Phi) is 6.51. The number of sulfonamides is 1. The third-order valence-electron chi connectivity index (χ3n) is 4.86. The Morgan fingerprint density at radius 1 is 1.07 bits per heavy atom. The fourth-order valence-corrected chi connectivity index (χ4v) is 4.18. The number of piperidine rings is 1. The second-order valence-corrected chi connectivity index (χ2v) is 8.70. The van der Waals surface area contributed by atoms with Crippen LogP contribution in [0, 0.1) is 5.82 Å². The zero-order valence-corrected chi connectivity index (χ0v) is 16.5. The van der Waals surface area contributed by atoms with Crippen LogP contribution >= 0.6 is 0 Å². The summed E-state index contributed by atoms with van der Waals surface area (Å²) in [4.78, 5) is 13.8. The van der Waals surface area contributed by atoms with Gasteiger partial charge >= 0.3 is 0 Å².